The summed E-state index contributed by atoms with van der Waals surface area (Å²) in [5, 5.41) is 18.1. The van der Waals surface area contributed by atoms with Crippen LogP contribution in [-0.2, 0) is 45.6 Å². The third-order valence-electron chi connectivity index (χ3n) is 11.6. The van der Waals surface area contributed by atoms with Crippen LogP contribution < -0.4 is 16.0 Å². The van der Waals surface area contributed by atoms with Crippen molar-refractivity contribution in [3.05, 3.63) is 176 Å². The van der Waals surface area contributed by atoms with Crippen molar-refractivity contribution in [1.29, 1.82) is 0 Å². The molecule has 2 amide bonds. The van der Waals surface area contributed by atoms with Gasteiger partial charge in [-0.05, 0) is 121 Å². The first-order chi connectivity index (χ1) is 33.7. The molecule has 0 bridgehead atoms. The Kier molecular flexibility index (Phi) is 13.0. The molecule has 6 aromatic heterocycles. The topological polar surface area (TPSA) is 232 Å². The van der Waals surface area contributed by atoms with E-state index >= 15 is 0 Å². The number of halogens is 3. The number of sulfone groups is 2. The van der Waals surface area contributed by atoms with Gasteiger partial charge in [-0.1, -0.05) is 11.6 Å². The molecule has 0 unspecified atom stereocenters. The lowest BCUT2D eigenvalue weighted by Crippen LogP contribution is -2.24. The number of anilines is 2. The highest BCUT2D eigenvalue weighted by atomic mass is 35.5. The standard InChI is InChI=1S/C50H41ClF2N10O6S2/c1-26-9-45(59-27(2)40(26)24-57-49(64)30-7-8-54-37(18-30)12-28-10-31-16-35(52)22-55-47(31)43(14-28)70(3,66)67)61-46-20-33(50(65)58-25-42-39-21-34(51)5-6-41(39)62-63-42)19-38(60-46)13-29-11-32-17-36(53)23-56-48(32)44(15-29)71(4,68)69/h5-11,14-23H,12-13,24-25H2,1-4H3,(H,57,64)(H,58,65)(H,62,63)(H,59,60,61). The fourth-order valence-electron chi connectivity index (χ4n) is 8.31. The van der Waals surface area contributed by atoms with Gasteiger partial charge in [-0.2, -0.15) is 5.10 Å². The smallest absolute Gasteiger partial charge is 0.251 e. The highest BCUT2D eigenvalue weighted by Gasteiger charge is 2.20. The summed E-state index contributed by atoms with van der Waals surface area (Å²) < 4.78 is 79.4. The van der Waals surface area contributed by atoms with E-state index in [1.807, 2.05) is 6.92 Å². The lowest BCUT2D eigenvalue weighted by atomic mass is 10.0. The highest BCUT2D eigenvalue weighted by Crippen LogP contribution is 2.29. The van der Waals surface area contributed by atoms with Gasteiger partial charge < -0.3 is 16.0 Å². The van der Waals surface area contributed by atoms with Crippen molar-refractivity contribution in [1.82, 2.24) is 45.8 Å². The number of benzene rings is 3. The largest absolute Gasteiger partial charge is 0.348 e. The Morgan fingerprint density at radius 3 is 1.89 bits per heavy atom. The van der Waals surface area contributed by atoms with E-state index in [9.17, 15) is 35.2 Å². The van der Waals surface area contributed by atoms with Crippen molar-refractivity contribution in [2.24, 2.45) is 0 Å². The molecule has 0 aliphatic carbocycles. The van der Waals surface area contributed by atoms with Gasteiger partial charge in [0.05, 0.1) is 51.0 Å². The van der Waals surface area contributed by atoms with Crippen LogP contribution in [-0.4, -0.2) is 76.3 Å². The molecular formula is C50H41ClF2N10O6S2. The van der Waals surface area contributed by atoms with Gasteiger partial charge in [-0.25, -0.2) is 35.6 Å². The third-order valence-corrected chi connectivity index (χ3v) is 14.1. The van der Waals surface area contributed by atoms with Gasteiger partial charge in [0.15, 0.2) is 19.7 Å². The van der Waals surface area contributed by atoms with Crippen molar-refractivity contribution in [3.8, 4) is 0 Å². The van der Waals surface area contributed by atoms with E-state index < -0.39 is 43.1 Å². The van der Waals surface area contributed by atoms with E-state index in [4.69, 9.17) is 21.6 Å². The third kappa shape index (κ3) is 10.8. The summed E-state index contributed by atoms with van der Waals surface area (Å²) in [4.78, 5) is 49.3. The normalized spacial score (nSPS) is 11.9. The first kappa shape index (κ1) is 48.2. The number of nitrogens with one attached hydrogen (secondary N) is 4. The van der Waals surface area contributed by atoms with E-state index in [-0.39, 0.29) is 63.5 Å². The lowest BCUT2D eigenvalue weighted by Gasteiger charge is -2.15. The number of nitrogens with zero attached hydrogens (tertiary/aromatic N) is 6. The van der Waals surface area contributed by atoms with Crippen LogP contribution in [0, 0.1) is 25.5 Å². The Morgan fingerprint density at radius 2 is 1.25 bits per heavy atom. The molecule has 21 heteroatoms. The molecule has 360 valence electrons. The van der Waals surface area contributed by atoms with Crippen LogP contribution in [0.15, 0.2) is 113 Å². The Labute approximate surface area is 410 Å². The molecule has 9 aromatic rings. The predicted octanol–water partition coefficient (Wildman–Crippen LogP) is 7.98. The maximum atomic E-state index is 14.4. The van der Waals surface area contributed by atoms with Crippen molar-refractivity contribution >= 4 is 87.4 Å². The van der Waals surface area contributed by atoms with Crippen molar-refractivity contribution in [2.45, 2.75) is 49.6 Å². The number of rotatable bonds is 14. The summed E-state index contributed by atoms with van der Waals surface area (Å²) in [5.41, 5.74) is 6.06. The number of carbonyl (C=O) groups is 2. The minimum absolute atomic E-state index is 0.0410. The number of hydrogen-bond acceptors (Lipinski definition) is 13. The van der Waals surface area contributed by atoms with E-state index in [1.54, 1.807) is 67.6 Å². The van der Waals surface area contributed by atoms with E-state index in [2.05, 4.69) is 41.1 Å². The average molecular weight is 1020 g/mol. The van der Waals surface area contributed by atoms with Crippen LogP contribution in [0.2, 0.25) is 5.02 Å². The second-order valence-corrected chi connectivity index (χ2v) is 21.5. The molecule has 0 fully saturated rings. The summed E-state index contributed by atoms with van der Waals surface area (Å²) in [6.07, 6.45) is 5.70. The number of aryl methyl sites for hydroxylation is 2. The molecule has 0 aliphatic rings. The maximum Gasteiger partial charge on any atom is 0.251 e. The fourth-order valence-corrected chi connectivity index (χ4v) is 10.3. The minimum Gasteiger partial charge on any atom is -0.348 e. The second kappa shape index (κ2) is 19.2. The highest BCUT2D eigenvalue weighted by molar-refractivity contribution is 7.91. The molecule has 0 saturated heterocycles. The van der Waals surface area contributed by atoms with E-state index in [0.29, 0.717) is 61.2 Å². The van der Waals surface area contributed by atoms with Gasteiger partial charge >= 0.3 is 0 Å². The zero-order valence-electron chi connectivity index (χ0n) is 38.2. The summed E-state index contributed by atoms with van der Waals surface area (Å²) in [7, 11) is -7.50. The quantitative estimate of drug-likeness (QED) is 0.0810. The Morgan fingerprint density at radius 1 is 0.662 bits per heavy atom. The van der Waals surface area contributed by atoms with Gasteiger partial charge in [0.1, 0.15) is 23.3 Å². The van der Waals surface area contributed by atoms with Crippen LogP contribution in [0.5, 0.6) is 0 Å². The van der Waals surface area contributed by atoms with Crippen molar-refractivity contribution in [2.75, 3.05) is 17.8 Å². The predicted molar refractivity (Wildman–Crippen MR) is 264 cm³/mol. The van der Waals surface area contributed by atoms with E-state index in [1.165, 1.54) is 30.5 Å². The summed E-state index contributed by atoms with van der Waals surface area (Å²) >= 11 is 6.24. The molecule has 71 heavy (non-hydrogen) atoms. The second-order valence-electron chi connectivity index (χ2n) is 17.0. The molecule has 9 rings (SSSR count). The first-order valence-electron chi connectivity index (χ1n) is 21.7. The van der Waals surface area contributed by atoms with Crippen LogP contribution in [0.25, 0.3) is 32.7 Å². The molecule has 0 aliphatic heterocycles. The number of pyridine rings is 5. The summed E-state index contributed by atoms with van der Waals surface area (Å²) in [6, 6.07) is 21.9. The van der Waals surface area contributed by atoms with Crippen LogP contribution >= 0.6 is 11.6 Å². The van der Waals surface area contributed by atoms with Gasteiger partial charge in [-0.15, -0.1) is 0 Å². The molecule has 0 atom stereocenters. The summed E-state index contributed by atoms with van der Waals surface area (Å²) in [5.74, 6) is -1.49. The zero-order chi connectivity index (χ0) is 50.4. The van der Waals surface area contributed by atoms with Crippen LogP contribution in [0.3, 0.4) is 0 Å². The number of amides is 2. The van der Waals surface area contributed by atoms with Gasteiger partial charge in [0.2, 0.25) is 0 Å². The molecule has 0 spiro atoms. The van der Waals surface area contributed by atoms with Gasteiger partial charge in [0, 0.05) is 87.5 Å². The molecule has 3 aromatic carbocycles. The Bertz CT molecular complexity index is 3870. The molecule has 0 saturated carbocycles. The van der Waals surface area contributed by atoms with Crippen molar-refractivity contribution < 1.29 is 35.2 Å². The molecule has 6 heterocycles. The number of carbonyl (C=O) groups excluding carboxylic acids is 2. The molecule has 0 radical (unpaired) electrons. The fraction of sp³-hybridized carbons (Fsp3) is 0.160. The number of fused-ring (bicyclic) bond motifs is 3. The average Bonchev–Trinajstić information content (AvgIpc) is 3.70. The number of hydrogen-bond donors (Lipinski definition) is 4. The SMILES string of the molecule is Cc1cc(Nc2cc(C(=O)NCc3[nH]nc4ccc(Cl)cc34)cc(Cc3cc(S(C)(=O)=O)c4ncc(F)cc4c3)n2)nc(C)c1CNC(=O)c1ccnc(Cc2cc(S(C)(=O)=O)c3ncc(F)cc3c2)c1. The molecular weight excluding hydrogens is 974 g/mol. The minimum atomic E-state index is -3.79. The lowest BCUT2D eigenvalue weighted by molar-refractivity contribution is 0.0942. The first-order valence-corrected chi connectivity index (χ1v) is 25.9. The zero-order valence-corrected chi connectivity index (χ0v) is 40.6. The number of aromatic amines is 1. The van der Waals surface area contributed by atoms with Gasteiger partial charge in [-0.3, -0.25) is 29.6 Å². The number of aromatic nitrogens is 7. The number of H-pyrrole nitrogens is 1. The summed E-state index contributed by atoms with van der Waals surface area (Å²) in [6.45, 7) is 3.83. The van der Waals surface area contributed by atoms with Crippen LogP contribution in [0.4, 0.5) is 20.4 Å². The van der Waals surface area contributed by atoms with Crippen LogP contribution in [0.1, 0.15) is 65.7 Å². The monoisotopic (exact) mass is 1010 g/mol. The molecule has 4 N–H and O–H groups in total. The molecule has 16 nitrogen and oxygen atoms in total. The Hall–Kier alpha value is -7.81. The maximum absolute atomic E-state index is 14.4. The van der Waals surface area contributed by atoms with E-state index in [0.717, 1.165) is 41.4 Å². The Balaban J connectivity index is 0.950. The van der Waals surface area contributed by atoms with Gasteiger partial charge in [0.25, 0.3) is 11.8 Å². The van der Waals surface area contributed by atoms with Crippen molar-refractivity contribution in [3.63, 3.8) is 0 Å².